The van der Waals surface area contributed by atoms with Crippen LogP contribution in [0.5, 0.6) is 0 Å². The number of benzene rings is 1. The first-order valence-electron chi connectivity index (χ1n) is 6.98. The lowest BCUT2D eigenvalue weighted by Crippen LogP contribution is -2.44. The molecule has 1 fully saturated rings. The number of likely N-dealkylation sites (N-methyl/N-ethyl adjacent to an activating group) is 1. The molecule has 0 saturated carbocycles. The Morgan fingerprint density at radius 1 is 1.33 bits per heavy atom. The third-order valence-electron chi connectivity index (χ3n) is 3.79. The fourth-order valence-corrected chi connectivity index (χ4v) is 2.49. The van der Waals surface area contributed by atoms with Crippen molar-refractivity contribution in [3.63, 3.8) is 0 Å². The van der Waals surface area contributed by atoms with Crippen molar-refractivity contribution in [3.8, 4) is 11.5 Å². The highest BCUT2D eigenvalue weighted by molar-refractivity contribution is 5.85. The van der Waals surface area contributed by atoms with Crippen molar-refractivity contribution in [1.82, 2.24) is 20.4 Å². The van der Waals surface area contributed by atoms with Gasteiger partial charge >= 0.3 is 6.18 Å². The lowest BCUT2D eigenvalue weighted by molar-refractivity contribution is -0.139. The van der Waals surface area contributed by atoms with Crippen LogP contribution in [0.25, 0.3) is 11.5 Å². The van der Waals surface area contributed by atoms with Crippen molar-refractivity contribution in [3.05, 3.63) is 35.4 Å². The molecule has 5 nitrogen and oxygen atoms in total. The van der Waals surface area contributed by atoms with Crippen molar-refractivity contribution in [2.45, 2.75) is 12.2 Å². The maximum Gasteiger partial charge on any atom is 0.419 e. The molecule has 1 aliphatic rings. The fourth-order valence-electron chi connectivity index (χ4n) is 2.49. The van der Waals surface area contributed by atoms with E-state index in [4.69, 9.17) is 4.52 Å². The molecule has 1 unspecified atom stereocenters. The average molecular weight is 367 g/mol. The van der Waals surface area contributed by atoms with Gasteiger partial charge in [0.25, 0.3) is 5.89 Å². The van der Waals surface area contributed by atoms with Gasteiger partial charge in [0.05, 0.1) is 17.2 Å². The second-order valence-electron chi connectivity index (χ2n) is 5.32. The molecule has 2 aromatic rings. The number of rotatable bonds is 2. The van der Waals surface area contributed by atoms with Crippen molar-refractivity contribution < 1.29 is 22.1 Å². The molecule has 1 aromatic carbocycles. The zero-order chi connectivity index (χ0) is 16.6. The van der Waals surface area contributed by atoms with Crippen LogP contribution >= 0.6 is 12.4 Å². The topological polar surface area (TPSA) is 54.2 Å². The standard InChI is InChI=1S/C14H14F4N4O.ClH/c1-22-6-5-19-7-10(22)12-20-13(23-21-12)8-3-2-4-9(11(8)15)14(16,17)18;/h2-4,10,19H,5-7H2,1H3;1H. The Balaban J connectivity index is 0.00000208. The Bertz CT molecular complexity index is 706. The lowest BCUT2D eigenvalue weighted by atomic mass is 10.1. The van der Waals surface area contributed by atoms with Crippen LogP contribution in [-0.2, 0) is 6.18 Å². The summed E-state index contributed by atoms with van der Waals surface area (Å²) in [5.41, 5.74) is -1.71. The molecule has 1 aromatic heterocycles. The number of nitrogens with one attached hydrogen (secondary N) is 1. The molecule has 0 spiro atoms. The summed E-state index contributed by atoms with van der Waals surface area (Å²) in [4.78, 5) is 6.07. The Labute approximate surface area is 141 Å². The van der Waals surface area contributed by atoms with Gasteiger partial charge in [-0.1, -0.05) is 11.2 Å². The van der Waals surface area contributed by atoms with Gasteiger partial charge in [0.15, 0.2) is 5.82 Å². The molecule has 1 aliphatic heterocycles. The molecule has 3 rings (SSSR count). The van der Waals surface area contributed by atoms with Crippen LogP contribution in [0.1, 0.15) is 17.4 Å². The van der Waals surface area contributed by atoms with Crippen LogP contribution in [0.3, 0.4) is 0 Å². The SMILES string of the molecule is CN1CCNCC1c1noc(-c2cccc(C(F)(F)F)c2F)n1.Cl. The highest BCUT2D eigenvalue weighted by atomic mass is 35.5. The highest BCUT2D eigenvalue weighted by Gasteiger charge is 2.36. The zero-order valence-electron chi connectivity index (χ0n) is 12.6. The highest BCUT2D eigenvalue weighted by Crippen LogP contribution is 2.35. The molecule has 0 amide bonds. The minimum absolute atomic E-state index is 0. The summed E-state index contributed by atoms with van der Waals surface area (Å²) in [6.07, 6.45) is -4.78. The molecule has 1 atom stereocenters. The van der Waals surface area contributed by atoms with Crippen molar-refractivity contribution in [2.24, 2.45) is 0 Å². The van der Waals surface area contributed by atoms with Gasteiger partial charge in [-0.05, 0) is 19.2 Å². The predicted molar refractivity (Wildman–Crippen MR) is 80.2 cm³/mol. The van der Waals surface area contributed by atoms with E-state index in [1.165, 1.54) is 6.07 Å². The molecule has 0 bridgehead atoms. The Morgan fingerprint density at radius 2 is 2.08 bits per heavy atom. The number of alkyl halides is 3. The van der Waals surface area contributed by atoms with E-state index in [9.17, 15) is 17.6 Å². The number of piperazine rings is 1. The van der Waals surface area contributed by atoms with Gasteiger partial charge in [-0.15, -0.1) is 12.4 Å². The summed E-state index contributed by atoms with van der Waals surface area (Å²) >= 11 is 0. The van der Waals surface area contributed by atoms with Crippen molar-refractivity contribution in [2.75, 3.05) is 26.7 Å². The molecular weight excluding hydrogens is 352 g/mol. The minimum Gasteiger partial charge on any atom is -0.334 e. The molecule has 132 valence electrons. The van der Waals surface area contributed by atoms with Crippen LogP contribution in [0.2, 0.25) is 0 Å². The summed E-state index contributed by atoms with van der Waals surface area (Å²) in [5, 5.41) is 6.95. The van der Waals surface area contributed by atoms with E-state index in [2.05, 4.69) is 15.5 Å². The van der Waals surface area contributed by atoms with E-state index in [0.29, 0.717) is 18.4 Å². The van der Waals surface area contributed by atoms with Crippen molar-refractivity contribution >= 4 is 12.4 Å². The Morgan fingerprint density at radius 3 is 2.75 bits per heavy atom. The third kappa shape index (κ3) is 3.52. The van der Waals surface area contributed by atoms with E-state index < -0.39 is 17.6 Å². The first-order valence-corrected chi connectivity index (χ1v) is 6.98. The monoisotopic (exact) mass is 366 g/mol. The summed E-state index contributed by atoms with van der Waals surface area (Å²) in [5.74, 6) is -1.36. The van der Waals surface area contributed by atoms with Crippen LogP contribution in [-0.4, -0.2) is 41.7 Å². The Hall–Kier alpha value is -1.71. The van der Waals surface area contributed by atoms with E-state index in [0.717, 1.165) is 19.2 Å². The number of hydrogen-bond donors (Lipinski definition) is 1. The second kappa shape index (κ2) is 7.04. The first-order chi connectivity index (χ1) is 10.9. The van der Waals surface area contributed by atoms with E-state index >= 15 is 0 Å². The van der Waals surface area contributed by atoms with Crippen LogP contribution in [0, 0.1) is 5.82 Å². The predicted octanol–water partition coefficient (Wildman–Crippen LogP) is 2.89. The summed E-state index contributed by atoms with van der Waals surface area (Å²) in [6.45, 7) is 2.17. The Kier molecular flexibility index (Phi) is 5.46. The number of halogens is 5. The molecule has 2 heterocycles. The average Bonchev–Trinajstić information content (AvgIpc) is 2.96. The van der Waals surface area contributed by atoms with Gasteiger partial charge < -0.3 is 9.84 Å². The maximum atomic E-state index is 14.1. The maximum absolute atomic E-state index is 14.1. The van der Waals surface area contributed by atoms with Crippen LogP contribution in [0.15, 0.2) is 22.7 Å². The lowest BCUT2D eigenvalue weighted by Gasteiger charge is -2.30. The number of hydrogen-bond acceptors (Lipinski definition) is 5. The largest absolute Gasteiger partial charge is 0.419 e. The second-order valence-corrected chi connectivity index (χ2v) is 5.32. The third-order valence-corrected chi connectivity index (χ3v) is 3.79. The fraction of sp³-hybridized carbons (Fsp3) is 0.429. The van der Waals surface area contributed by atoms with E-state index in [1.54, 1.807) is 0 Å². The molecule has 0 aliphatic carbocycles. The van der Waals surface area contributed by atoms with Crippen LogP contribution < -0.4 is 5.32 Å². The minimum atomic E-state index is -4.78. The normalized spacial score (nSPS) is 19.1. The quantitative estimate of drug-likeness (QED) is 0.828. The summed E-state index contributed by atoms with van der Waals surface area (Å²) in [7, 11) is 1.88. The van der Waals surface area contributed by atoms with Gasteiger partial charge in [-0.2, -0.15) is 18.2 Å². The van der Waals surface area contributed by atoms with E-state index in [-0.39, 0.29) is 29.9 Å². The zero-order valence-corrected chi connectivity index (χ0v) is 13.4. The smallest absolute Gasteiger partial charge is 0.334 e. The molecule has 1 N–H and O–H groups in total. The van der Waals surface area contributed by atoms with Gasteiger partial charge in [-0.25, -0.2) is 4.39 Å². The number of aromatic nitrogens is 2. The molecule has 24 heavy (non-hydrogen) atoms. The van der Waals surface area contributed by atoms with Gasteiger partial charge in [0, 0.05) is 19.6 Å². The first kappa shape index (κ1) is 18.6. The summed E-state index contributed by atoms with van der Waals surface area (Å²) < 4.78 is 57.4. The molecule has 0 radical (unpaired) electrons. The van der Waals surface area contributed by atoms with Gasteiger partial charge in [0.2, 0.25) is 0 Å². The summed E-state index contributed by atoms with van der Waals surface area (Å²) in [6, 6.07) is 2.80. The van der Waals surface area contributed by atoms with E-state index in [1.807, 2.05) is 11.9 Å². The van der Waals surface area contributed by atoms with Crippen molar-refractivity contribution in [1.29, 1.82) is 0 Å². The van der Waals surface area contributed by atoms with Gasteiger partial charge in [-0.3, -0.25) is 4.90 Å². The molecule has 1 saturated heterocycles. The number of nitrogens with zero attached hydrogens (tertiary/aromatic N) is 3. The van der Waals surface area contributed by atoms with Gasteiger partial charge in [0.1, 0.15) is 5.82 Å². The molecule has 10 heteroatoms. The molecular formula is C14H15ClF4N4O. The van der Waals surface area contributed by atoms with Crippen LogP contribution in [0.4, 0.5) is 17.6 Å².